The Bertz CT molecular complexity index is 1240. The molecule has 0 aliphatic rings. The number of ether oxygens (including phenoxy) is 2. The number of hydrogen-bond acceptors (Lipinski definition) is 6. The van der Waals surface area contributed by atoms with Crippen molar-refractivity contribution < 1.29 is 28.7 Å². The lowest BCUT2D eigenvalue weighted by Crippen LogP contribution is -2.54. The first-order valence-corrected chi connectivity index (χ1v) is 14.3. The van der Waals surface area contributed by atoms with E-state index in [1.165, 1.54) is 4.90 Å². The van der Waals surface area contributed by atoms with Gasteiger partial charge in [-0.2, -0.15) is 0 Å². The van der Waals surface area contributed by atoms with Crippen molar-refractivity contribution in [3.05, 3.63) is 70.8 Å². The number of nitrogens with zero attached hydrogens (tertiary/aromatic N) is 1. The molecule has 2 atom stereocenters. The summed E-state index contributed by atoms with van der Waals surface area (Å²) < 4.78 is 10.9. The highest BCUT2D eigenvalue weighted by atomic mass is 16.6. The molecule has 0 spiro atoms. The molecule has 9 heteroatoms. The quantitative estimate of drug-likeness (QED) is 0.374. The lowest BCUT2D eigenvalue weighted by Gasteiger charge is -2.36. The molecule has 0 saturated heterocycles. The summed E-state index contributed by atoms with van der Waals surface area (Å²) in [7, 11) is 0. The van der Waals surface area contributed by atoms with E-state index in [1.807, 2.05) is 56.3 Å². The standard InChI is InChI=1S/C33H47N3O6/c1-21(2)36(27(37)20-34-31(40)42-33(8,9)10)28(25-18-14-15-22(3)23(25)4)29(38)35-26(30(39)41-32(5,6)7)19-24-16-12-11-13-17-24/h11-18,21,26,28H,19-20H2,1-10H3,(H,34,40)(H,35,38). The van der Waals surface area contributed by atoms with Gasteiger partial charge in [-0.3, -0.25) is 9.59 Å². The van der Waals surface area contributed by atoms with E-state index < -0.39 is 53.2 Å². The lowest BCUT2D eigenvalue weighted by atomic mass is 9.94. The predicted octanol–water partition coefficient (Wildman–Crippen LogP) is 5.18. The molecular formula is C33H47N3O6. The largest absolute Gasteiger partial charge is 0.458 e. The highest BCUT2D eigenvalue weighted by Crippen LogP contribution is 2.29. The number of carbonyl (C=O) groups excluding carboxylic acids is 4. The minimum absolute atomic E-state index is 0.205. The maximum atomic E-state index is 14.2. The van der Waals surface area contributed by atoms with Crippen LogP contribution in [0.2, 0.25) is 0 Å². The van der Waals surface area contributed by atoms with E-state index in [9.17, 15) is 19.2 Å². The van der Waals surface area contributed by atoms with Crippen LogP contribution >= 0.6 is 0 Å². The van der Waals surface area contributed by atoms with Gasteiger partial charge in [0, 0.05) is 12.5 Å². The zero-order valence-electron chi connectivity index (χ0n) is 26.7. The number of aryl methyl sites for hydroxylation is 1. The number of benzene rings is 2. The third-order valence-corrected chi connectivity index (χ3v) is 6.39. The third-order valence-electron chi connectivity index (χ3n) is 6.39. The van der Waals surface area contributed by atoms with Gasteiger partial charge in [0.2, 0.25) is 11.8 Å². The van der Waals surface area contributed by atoms with Crippen molar-refractivity contribution in [2.45, 2.75) is 105 Å². The molecule has 3 amide bonds. The zero-order chi connectivity index (χ0) is 31.8. The predicted molar refractivity (Wildman–Crippen MR) is 163 cm³/mol. The first-order valence-electron chi connectivity index (χ1n) is 14.3. The van der Waals surface area contributed by atoms with Crippen LogP contribution in [0, 0.1) is 13.8 Å². The smallest absolute Gasteiger partial charge is 0.408 e. The summed E-state index contributed by atoms with van der Waals surface area (Å²) in [5, 5.41) is 5.40. The van der Waals surface area contributed by atoms with Crippen molar-refractivity contribution in [3.63, 3.8) is 0 Å². The van der Waals surface area contributed by atoms with Crippen LogP contribution in [0.1, 0.15) is 83.7 Å². The maximum Gasteiger partial charge on any atom is 0.408 e. The Hall–Kier alpha value is -3.88. The molecule has 42 heavy (non-hydrogen) atoms. The lowest BCUT2D eigenvalue weighted by molar-refractivity contribution is -0.159. The molecule has 0 saturated carbocycles. The number of amides is 3. The van der Waals surface area contributed by atoms with Crippen LogP contribution in [0.5, 0.6) is 0 Å². The molecule has 2 N–H and O–H groups in total. The van der Waals surface area contributed by atoms with Gasteiger partial charge in [-0.15, -0.1) is 0 Å². The van der Waals surface area contributed by atoms with Gasteiger partial charge in [0.1, 0.15) is 29.8 Å². The molecule has 0 aliphatic heterocycles. The molecule has 2 aromatic rings. The summed E-state index contributed by atoms with van der Waals surface area (Å²) in [5.74, 6) is -1.59. The fourth-order valence-corrected chi connectivity index (χ4v) is 4.44. The van der Waals surface area contributed by atoms with Crippen molar-refractivity contribution in [1.82, 2.24) is 15.5 Å². The molecule has 2 unspecified atom stereocenters. The summed E-state index contributed by atoms with van der Waals surface area (Å²) in [6, 6.07) is 12.4. The Labute approximate surface area is 250 Å². The van der Waals surface area contributed by atoms with E-state index in [0.717, 1.165) is 16.7 Å². The topological polar surface area (TPSA) is 114 Å². The van der Waals surface area contributed by atoms with Gasteiger partial charge >= 0.3 is 12.1 Å². The van der Waals surface area contributed by atoms with E-state index in [-0.39, 0.29) is 13.0 Å². The van der Waals surface area contributed by atoms with E-state index in [0.29, 0.717) is 5.56 Å². The Morgan fingerprint density at radius 2 is 1.43 bits per heavy atom. The molecular weight excluding hydrogens is 534 g/mol. The molecule has 0 aliphatic carbocycles. The molecule has 0 radical (unpaired) electrons. The van der Waals surface area contributed by atoms with E-state index in [1.54, 1.807) is 61.5 Å². The first-order chi connectivity index (χ1) is 19.4. The van der Waals surface area contributed by atoms with Gasteiger partial charge in [0.05, 0.1) is 0 Å². The summed E-state index contributed by atoms with van der Waals surface area (Å²) in [6.45, 7) is 17.5. The Balaban J connectivity index is 2.50. The minimum Gasteiger partial charge on any atom is -0.458 e. The van der Waals surface area contributed by atoms with Gasteiger partial charge < -0.3 is 25.0 Å². The van der Waals surface area contributed by atoms with Gasteiger partial charge in [-0.1, -0.05) is 48.5 Å². The zero-order valence-corrected chi connectivity index (χ0v) is 26.7. The van der Waals surface area contributed by atoms with E-state index >= 15 is 0 Å². The molecule has 2 aromatic carbocycles. The van der Waals surface area contributed by atoms with Gasteiger partial charge in [0.15, 0.2) is 0 Å². The fourth-order valence-electron chi connectivity index (χ4n) is 4.44. The highest BCUT2D eigenvalue weighted by molar-refractivity contribution is 5.93. The van der Waals surface area contributed by atoms with Crippen LogP contribution in [-0.2, 0) is 30.3 Å². The van der Waals surface area contributed by atoms with Crippen LogP contribution in [0.25, 0.3) is 0 Å². The van der Waals surface area contributed by atoms with Crippen LogP contribution in [0.15, 0.2) is 48.5 Å². The van der Waals surface area contributed by atoms with Crippen molar-refractivity contribution in [2.24, 2.45) is 0 Å². The molecule has 2 rings (SSSR count). The van der Waals surface area contributed by atoms with Crippen molar-refractivity contribution >= 4 is 23.9 Å². The molecule has 0 heterocycles. The van der Waals surface area contributed by atoms with Crippen LogP contribution in [0.4, 0.5) is 4.79 Å². The van der Waals surface area contributed by atoms with E-state index in [2.05, 4.69) is 10.6 Å². The Kier molecular flexibility index (Phi) is 11.7. The third kappa shape index (κ3) is 10.5. The SMILES string of the molecule is Cc1cccc(C(C(=O)NC(Cc2ccccc2)C(=O)OC(C)(C)C)N(C(=O)CNC(=O)OC(C)(C)C)C(C)C)c1C. The van der Waals surface area contributed by atoms with Gasteiger partial charge in [-0.05, 0) is 91.5 Å². The van der Waals surface area contributed by atoms with Crippen LogP contribution in [-0.4, -0.2) is 58.6 Å². The van der Waals surface area contributed by atoms with Crippen LogP contribution < -0.4 is 10.6 Å². The number of alkyl carbamates (subject to hydrolysis) is 1. The second-order valence-electron chi connectivity index (χ2n) is 12.7. The average Bonchev–Trinajstić information content (AvgIpc) is 2.85. The summed E-state index contributed by atoms with van der Waals surface area (Å²) in [6.07, 6.45) is -0.531. The highest BCUT2D eigenvalue weighted by Gasteiger charge is 2.37. The van der Waals surface area contributed by atoms with Gasteiger partial charge in [-0.25, -0.2) is 9.59 Å². The Morgan fingerprint density at radius 1 is 0.833 bits per heavy atom. The summed E-state index contributed by atoms with van der Waals surface area (Å²) in [4.78, 5) is 54.9. The van der Waals surface area contributed by atoms with Crippen LogP contribution in [0.3, 0.4) is 0 Å². The Morgan fingerprint density at radius 3 is 1.98 bits per heavy atom. The fraction of sp³-hybridized carbons (Fsp3) is 0.515. The summed E-state index contributed by atoms with van der Waals surface area (Å²) in [5.41, 5.74) is 1.75. The molecule has 0 fully saturated rings. The summed E-state index contributed by atoms with van der Waals surface area (Å²) >= 11 is 0. The normalized spacial score (nSPS) is 13.1. The average molecular weight is 582 g/mol. The number of nitrogens with one attached hydrogen (secondary N) is 2. The maximum absolute atomic E-state index is 14.2. The molecule has 9 nitrogen and oxygen atoms in total. The number of esters is 1. The minimum atomic E-state index is -1.08. The monoisotopic (exact) mass is 581 g/mol. The second kappa shape index (κ2) is 14.3. The first kappa shape index (κ1) is 34.3. The number of hydrogen-bond donors (Lipinski definition) is 2. The molecule has 230 valence electrons. The van der Waals surface area contributed by atoms with Crippen molar-refractivity contribution in [2.75, 3.05) is 6.54 Å². The second-order valence-corrected chi connectivity index (χ2v) is 12.7. The molecule has 0 bridgehead atoms. The van der Waals surface area contributed by atoms with Gasteiger partial charge in [0.25, 0.3) is 0 Å². The van der Waals surface area contributed by atoms with E-state index in [4.69, 9.17) is 9.47 Å². The molecule has 0 aromatic heterocycles. The van der Waals surface area contributed by atoms with Crippen molar-refractivity contribution in [3.8, 4) is 0 Å². The van der Waals surface area contributed by atoms with Crippen molar-refractivity contribution in [1.29, 1.82) is 0 Å². The number of carbonyl (C=O) groups is 4. The number of rotatable bonds is 10.